The van der Waals surface area contributed by atoms with Crippen LogP contribution in [0.2, 0.25) is 0 Å². The number of nitrogens with one attached hydrogen (secondary N) is 2. The highest BCUT2D eigenvalue weighted by Gasteiger charge is 2.30. The topological polar surface area (TPSA) is 114 Å². The highest BCUT2D eigenvalue weighted by Crippen LogP contribution is 2.44. The van der Waals surface area contributed by atoms with Crippen molar-refractivity contribution in [3.05, 3.63) is 124 Å². The number of fused-ring (bicyclic) bond motifs is 3. The summed E-state index contributed by atoms with van der Waals surface area (Å²) in [6.07, 6.45) is -1.42. The number of carboxylic acid groups (broad SMARTS) is 1. The van der Waals surface area contributed by atoms with Gasteiger partial charge in [0.2, 0.25) is 0 Å². The third kappa shape index (κ3) is 6.53. The SMILES string of the molecule is CC(OCc1ccccc1)C(NC(=O)c1ccc(NC(=O)OCC2c3ccccc3-c3ccccc32)c(Br)c1)C(=O)O. The van der Waals surface area contributed by atoms with E-state index in [0.717, 1.165) is 27.8 Å². The van der Waals surface area contributed by atoms with Crippen molar-refractivity contribution in [1.29, 1.82) is 0 Å². The minimum Gasteiger partial charge on any atom is -0.480 e. The molecular formula is C33H29BrN2O6. The van der Waals surface area contributed by atoms with Crippen molar-refractivity contribution < 1.29 is 29.0 Å². The average Bonchev–Trinajstić information content (AvgIpc) is 3.32. The maximum atomic E-state index is 12.9. The van der Waals surface area contributed by atoms with Crippen LogP contribution >= 0.6 is 15.9 Å². The number of aliphatic carboxylic acids is 1. The monoisotopic (exact) mass is 628 g/mol. The van der Waals surface area contributed by atoms with Crippen molar-refractivity contribution in [1.82, 2.24) is 5.32 Å². The van der Waals surface area contributed by atoms with E-state index in [1.54, 1.807) is 13.0 Å². The number of amides is 2. The first kappa shape index (κ1) is 29.0. The molecule has 0 heterocycles. The van der Waals surface area contributed by atoms with Crippen molar-refractivity contribution in [3.8, 4) is 11.1 Å². The molecule has 0 bridgehead atoms. The number of halogens is 1. The zero-order chi connectivity index (χ0) is 29.6. The molecule has 1 aliphatic carbocycles. The van der Waals surface area contributed by atoms with Gasteiger partial charge < -0.3 is 19.9 Å². The number of carboxylic acids is 1. The second-order valence-electron chi connectivity index (χ2n) is 9.94. The van der Waals surface area contributed by atoms with Crippen LogP contribution in [0, 0.1) is 0 Å². The Balaban J connectivity index is 1.18. The van der Waals surface area contributed by atoms with E-state index in [0.29, 0.717) is 10.2 Å². The van der Waals surface area contributed by atoms with Crippen LogP contribution in [-0.2, 0) is 20.9 Å². The molecule has 3 N–H and O–H groups in total. The van der Waals surface area contributed by atoms with Gasteiger partial charge in [0.1, 0.15) is 6.61 Å². The Bertz CT molecular complexity index is 1560. The van der Waals surface area contributed by atoms with E-state index in [2.05, 4.69) is 38.7 Å². The summed E-state index contributed by atoms with van der Waals surface area (Å²) >= 11 is 3.39. The Morgan fingerprint density at radius 1 is 0.881 bits per heavy atom. The number of benzene rings is 4. The van der Waals surface area contributed by atoms with E-state index >= 15 is 0 Å². The molecule has 4 aromatic rings. The van der Waals surface area contributed by atoms with Crippen molar-refractivity contribution in [2.24, 2.45) is 0 Å². The van der Waals surface area contributed by atoms with Crippen LogP contribution in [0.1, 0.15) is 39.9 Å². The van der Waals surface area contributed by atoms with E-state index in [4.69, 9.17) is 9.47 Å². The normalized spacial score (nSPS) is 13.4. The lowest BCUT2D eigenvalue weighted by molar-refractivity contribution is -0.143. The van der Waals surface area contributed by atoms with Gasteiger partial charge in [0.15, 0.2) is 6.04 Å². The molecule has 2 unspecified atom stereocenters. The van der Waals surface area contributed by atoms with Gasteiger partial charge in [0, 0.05) is 16.0 Å². The van der Waals surface area contributed by atoms with E-state index in [1.807, 2.05) is 66.7 Å². The summed E-state index contributed by atoms with van der Waals surface area (Å²) in [5, 5.41) is 14.9. The van der Waals surface area contributed by atoms with Crippen LogP contribution in [0.3, 0.4) is 0 Å². The number of rotatable bonds is 10. The van der Waals surface area contributed by atoms with Crippen molar-refractivity contribution in [3.63, 3.8) is 0 Å². The third-order valence-electron chi connectivity index (χ3n) is 7.19. The first-order chi connectivity index (χ1) is 20.3. The number of ether oxygens (including phenoxy) is 2. The molecule has 5 rings (SSSR count). The molecule has 0 saturated heterocycles. The standard InChI is InChI=1S/C33H29BrN2O6/c1-20(41-18-21-9-3-2-4-10-21)30(32(38)39)36-31(37)22-15-16-29(28(34)17-22)35-33(40)42-19-27-25-13-7-5-11-23(25)24-12-6-8-14-26(24)27/h2-17,20,27,30H,18-19H2,1H3,(H,35,40)(H,36,37)(H,38,39). The van der Waals surface area contributed by atoms with E-state index in [9.17, 15) is 19.5 Å². The van der Waals surface area contributed by atoms with Crippen molar-refractivity contribution >= 4 is 39.6 Å². The molecule has 2 amide bonds. The molecule has 4 aromatic carbocycles. The minimum absolute atomic E-state index is 0.0705. The molecule has 0 saturated carbocycles. The Morgan fingerprint density at radius 2 is 1.50 bits per heavy atom. The highest BCUT2D eigenvalue weighted by atomic mass is 79.9. The smallest absolute Gasteiger partial charge is 0.411 e. The summed E-state index contributed by atoms with van der Waals surface area (Å²) in [5.74, 6) is -1.87. The Labute approximate surface area is 251 Å². The molecule has 1 aliphatic rings. The first-order valence-corrected chi connectivity index (χ1v) is 14.2. The van der Waals surface area contributed by atoms with Gasteiger partial charge >= 0.3 is 12.1 Å². The average molecular weight is 630 g/mol. The lowest BCUT2D eigenvalue weighted by Crippen LogP contribution is -2.48. The molecule has 42 heavy (non-hydrogen) atoms. The number of carbonyl (C=O) groups excluding carboxylic acids is 2. The zero-order valence-electron chi connectivity index (χ0n) is 22.8. The van der Waals surface area contributed by atoms with Gasteiger partial charge in [-0.2, -0.15) is 0 Å². The fourth-order valence-corrected chi connectivity index (χ4v) is 5.48. The number of hydrogen-bond acceptors (Lipinski definition) is 5. The Morgan fingerprint density at radius 3 is 2.12 bits per heavy atom. The van der Waals surface area contributed by atoms with Gasteiger partial charge in [-0.15, -0.1) is 0 Å². The van der Waals surface area contributed by atoms with Gasteiger partial charge in [-0.3, -0.25) is 10.1 Å². The molecular weight excluding hydrogens is 600 g/mol. The summed E-state index contributed by atoms with van der Waals surface area (Å²) in [7, 11) is 0. The van der Waals surface area contributed by atoms with Crippen LogP contribution in [0.5, 0.6) is 0 Å². The maximum Gasteiger partial charge on any atom is 0.411 e. The number of hydrogen-bond donors (Lipinski definition) is 3. The van der Waals surface area contributed by atoms with Gasteiger partial charge in [0.25, 0.3) is 5.91 Å². The molecule has 0 aliphatic heterocycles. The van der Waals surface area contributed by atoms with Crippen LogP contribution in [0.15, 0.2) is 102 Å². The predicted octanol–water partition coefficient (Wildman–Crippen LogP) is 6.60. The van der Waals surface area contributed by atoms with Crippen LogP contribution in [0.25, 0.3) is 11.1 Å². The minimum atomic E-state index is -1.27. The van der Waals surface area contributed by atoms with Gasteiger partial charge in [0.05, 0.1) is 18.4 Å². The fourth-order valence-electron chi connectivity index (χ4n) is 5.00. The van der Waals surface area contributed by atoms with E-state index < -0.39 is 30.1 Å². The van der Waals surface area contributed by atoms with E-state index in [-0.39, 0.29) is 24.7 Å². The summed E-state index contributed by atoms with van der Waals surface area (Å²) in [6, 6.07) is 28.8. The van der Waals surface area contributed by atoms with Gasteiger partial charge in [-0.25, -0.2) is 9.59 Å². The highest BCUT2D eigenvalue weighted by molar-refractivity contribution is 9.10. The summed E-state index contributed by atoms with van der Waals surface area (Å²) < 4.78 is 11.7. The number of anilines is 1. The third-order valence-corrected chi connectivity index (χ3v) is 7.85. The lowest BCUT2D eigenvalue weighted by atomic mass is 9.98. The predicted molar refractivity (Wildman–Crippen MR) is 162 cm³/mol. The second-order valence-corrected chi connectivity index (χ2v) is 10.8. The second kappa shape index (κ2) is 13.0. The molecule has 214 valence electrons. The van der Waals surface area contributed by atoms with E-state index in [1.165, 1.54) is 12.1 Å². The molecule has 0 spiro atoms. The van der Waals surface area contributed by atoms with Crippen molar-refractivity contribution in [2.75, 3.05) is 11.9 Å². The van der Waals surface area contributed by atoms with Crippen LogP contribution in [0.4, 0.5) is 10.5 Å². The largest absolute Gasteiger partial charge is 0.480 e. The quantitative estimate of drug-likeness (QED) is 0.182. The number of carbonyl (C=O) groups is 3. The summed E-state index contributed by atoms with van der Waals surface area (Å²) in [4.78, 5) is 37.5. The summed E-state index contributed by atoms with van der Waals surface area (Å²) in [5.41, 5.74) is 6.01. The molecule has 8 nitrogen and oxygen atoms in total. The molecule has 9 heteroatoms. The van der Waals surface area contributed by atoms with Gasteiger partial charge in [-0.05, 0) is 68.9 Å². The van der Waals surface area contributed by atoms with Crippen molar-refractivity contribution in [2.45, 2.75) is 31.6 Å². The van der Waals surface area contributed by atoms with Crippen LogP contribution < -0.4 is 10.6 Å². The molecule has 2 atom stereocenters. The molecule has 0 radical (unpaired) electrons. The first-order valence-electron chi connectivity index (χ1n) is 13.4. The maximum absolute atomic E-state index is 12.9. The molecule has 0 fully saturated rings. The van der Waals surface area contributed by atoms with Crippen LogP contribution in [-0.4, -0.2) is 41.8 Å². The lowest BCUT2D eigenvalue weighted by Gasteiger charge is -2.22. The fraction of sp³-hybridized carbons (Fsp3) is 0.182. The Kier molecular flexibility index (Phi) is 9.00. The Hall–Kier alpha value is -4.47. The summed E-state index contributed by atoms with van der Waals surface area (Å²) in [6.45, 7) is 1.97. The molecule has 0 aromatic heterocycles. The zero-order valence-corrected chi connectivity index (χ0v) is 24.3. The van der Waals surface area contributed by atoms with Gasteiger partial charge in [-0.1, -0.05) is 78.9 Å².